The number of hydrogen-bond acceptors (Lipinski definition) is 4. The van der Waals surface area contributed by atoms with E-state index >= 15 is 0 Å². The fourth-order valence-corrected chi connectivity index (χ4v) is 11.3. The number of fused-ring (bicyclic) bond motifs is 11. The van der Waals surface area contributed by atoms with Gasteiger partial charge >= 0.3 is 0 Å². The summed E-state index contributed by atoms with van der Waals surface area (Å²) in [6, 6.07) is 92.0. The second-order valence-electron chi connectivity index (χ2n) is 19.1. The third-order valence-electron chi connectivity index (χ3n) is 14.8. The van der Waals surface area contributed by atoms with Gasteiger partial charge in [0.2, 0.25) is 0 Å². The van der Waals surface area contributed by atoms with Gasteiger partial charge in [-0.1, -0.05) is 212 Å². The Labute approximate surface area is 431 Å². The molecule has 75 heavy (non-hydrogen) atoms. The zero-order valence-electron chi connectivity index (χ0n) is 40.5. The molecule has 0 aliphatic rings. The molecule has 15 rings (SSSR count). The minimum absolute atomic E-state index is 0.577. The molecule has 0 radical (unpaired) electrons. The first kappa shape index (κ1) is 42.5. The summed E-state index contributed by atoms with van der Waals surface area (Å²) < 4.78 is 12.1. The van der Waals surface area contributed by atoms with Crippen molar-refractivity contribution in [2.24, 2.45) is 0 Å². The van der Waals surface area contributed by atoms with Crippen molar-refractivity contribution in [1.82, 2.24) is 24.1 Å². The molecule has 0 amide bonds. The molecule has 0 saturated heterocycles. The summed E-state index contributed by atoms with van der Waals surface area (Å²) in [4.78, 5) is 15.8. The molecule has 11 aromatic carbocycles. The Balaban J connectivity index is 0.928. The van der Waals surface area contributed by atoms with Gasteiger partial charge in [-0.25, -0.2) is 15.0 Å². The Morgan fingerprint density at radius 3 is 1.25 bits per heavy atom. The Hall–Kier alpha value is -10.2. The van der Waals surface area contributed by atoms with E-state index in [4.69, 9.17) is 19.4 Å². The van der Waals surface area contributed by atoms with Crippen molar-refractivity contribution in [3.8, 4) is 78.9 Å². The van der Waals surface area contributed by atoms with Crippen LogP contribution < -0.4 is 0 Å². The molecule has 0 unspecified atom stereocenters. The summed E-state index contributed by atoms with van der Waals surface area (Å²) in [6.45, 7) is 0. The van der Waals surface area contributed by atoms with Crippen LogP contribution in [0.5, 0.6) is 0 Å². The van der Waals surface area contributed by atoms with Gasteiger partial charge in [-0.05, 0) is 81.9 Å². The van der Waals surface area contributed by atoms with Crippen molar-refractivity contribution in [2.75, 3.05) is 0 Å². The second-order valence-corrected chi connectivity index (χ2v) is 19.1. The normalized spacial score (nSPS) is 11.7. The second kappa shape index (κ2) is 17.3. The summed E-state index contributed by atoms with van der Waals surface area (Å²) in [5.74, 6) is 1.77. The lowest BCUT2D eigenvalue weighted by Gasteiger charge is -2.13. The van der Waals surface area contributed by atoms with E-state index in [0.29, 0.717) is 17.5 Å². The smallest absolute Gasteiger partial charge is 0.164 e. The van der Waals surface area contributed by atoms with E-state index in [1.165, 1.54) is 16.5 Å². The zero-order chi connectivity index (χ0) is 49.4. The van der Waals surface area contributed by atoms with E-state index in [1.807, 2.05) is 12.1 Å². The van der Waals surface area contributed by atoms with Crippen LogP contribution in [0.4, 0.5) is 0 Å². The van der Waals surface area contributed by atoms with Crippen LogP contribution in [0, 0.1) is 0 Å². The third-order valence-corrected chi connectivity index (χ3v) is 14.8. The molecular weight excluding hydrogens is 915 g/mol. The van der Waals surface area contributed by atoms with E-state index in [9.17, 15) is 0 Å². The summed E-state index contributed by atoms with van der Waals surface area (Å²) in [5, 5.41) is 6.68. The lowest BCUT2D eigenvalue weighted by Crippen LogP contribution is -2.02. The SMILES string of the molecule is c1ccc(-c2ccc(-c3nc(-c4cccc(-n5c6ccccc6c6ccc7c8ccc9c%10ccccc%10n(-c%10ccc(-c%11ccccc%11)cc%10)c9c8oc7c65)c4)nc(-c4ccccc4-c4ccccc4)n3)cc2)cc1. The zero-order valence-corrected chi connectivity index (χ0v) is 40.5. The van der Waals surface area contributed by atoms with Crippen LogP contribution in [0.2, 0.25) is 0 Å². The Bertz CT molecular complexity index is 4670. The molecule has 15 aromatic rings. The third kappa shape index (κ3) is 6.99. The highest BCUT2D eigenvalue weighted by Gasteiger charge is 2.24. The molecule has 0 N–H and O–H groups in total. The first-order valence-electron chi connectivity index (χ1n) is 25.3. The van der Waals surface area contributed by atoms with Crippen LogP contribution in [0.25, 0.3) is 144 Å². The molecule has 0 spiro atoms. The van der Waals surface area contributed by atoms with Crippen molar-refractivity contribution in [1.29, 1.82) is 0 Å². The van der Waals surface area contributed by atoms with E-state index in [1.54, 1.807) is 0 Å². The fourth-order valence-electron chi connectivity index (χ4n) is 11.3. The van der Waals surface area contributed by atoms with E-state index in [2.05, 4.69) is 258 Å². The summed E-state index contributed by atoms with van der Waals surface area (Å²) in [6.07, 6.45) is 0. The molecule has 0 bridgehead atoms. The summed E-state index contributed by atoms with van der Waals surface area (Å²) in [5.41, 5.74) is 17.4. The molecule has 0 saturated carbocycles. The lowest BCUT2D eigenvalue weighted by atomic mass is 9.99. The molecule has 4 heterocycles. The molecule has 350 valence electrons. The number of hydrogen-bond donors (Lipinski definition) is 0. The predicted octanol–water partition coefficient (Wildman–Crippen LogP) is 18.0. The van der Waals surface area contributed by atoms with Crippen LogP contribution in [0.1, 0.15) is 0 Å². The summed E-state index contributed by atoms with van der Waals surface area (Å²) >= 11 is 0. The van der Waals surface area contributed by atoms with Crippen LogP contribution in [0.15, 0.2) is 265 Å². The number of nitrogens with zero attached hydrogens (tertiary/aromatic N) is 5. The highest BCUT2D eigenvalue weighted by Crippen LogP contribution is 2.45. The highest BCUT2D eigenvalue weighted by atomic mass is 16.3. The Kier molecular flexibility index (Phi) is 9.78. The highest BCUT2D eigenvalue weighted by molar-refractivity contribution is 6.26. The molecule has 0 aliphatic heterocycles. The molecule has 4 aromatic heterocycles. The largest absolute Gasteiger partial charge is 0.452 e. The molecule has 0 fully saturated rings. The van der Waals surface area contributed by atoms with Crippen LogP contribution in [0.3, 0.4) is 0 Å². The van der Waals surface area contributed by atoms with Crippen molar-refractivity contribution in [3.05, 3.63) is 261 Å². The topological polar surface area (TPSA) is 61.7 Å². The number of rotatable bonds is 8. The number of benzene rings is 11. The standard InChI is InChI=1S/C69H43N5O/c1-4-17-44(18-5-1)46-31-33-49(34-32-46)67-70-68(72-69(71-67)60-28-11-10-25-53(60)48-21-8-3-9-22-48)50-23-16-24-52(43-50)74-62-30-15-13-27-55(62)57-40-42-59-58-41-39-56-54-26-12-14-29-61(54)73(63(56)65(58)75-66(59)64(57)74)51-37-35-47(36-38-51)45-19-6-2-7-20-45/h1-43H. The first-order chi connectivity index (χ1) is 37.2. The Morgan fingerprint density at radius 1 is 0.253 bits per heavy atom. The van der Waals surface area contributed by atoms with Crippen molar-refractivity contribution in [3.63, 3.8) is 0 Å². The van der Waals surface area contributed by atoms with Crippen LogP contribution in [-0.2, 0) is 0 Å². The van der Waals surface area contributed by atoms with Crippen LogP contribution >= 0.6 is 0 Å². The van der Waals surface area contributed by atoms with Gasteiger partial charge in [0.15, 0.2) is 28.6 Å². The van der Waals surface area contributed by atoms with Gasteiger partial charge in [0.1, 0.15) is 0 Å². The number of para-hydroxylation sites is 2. The Morgan fingerprint density at radius 2 is 0.667 bits per heavy atom. The van der Waals surface area contributed by atoms with Crippen molar-refractivity contribution < 1.29 is 4.42 Å². The minimum Gasteiger partial charge on any atom is -0.452 e. The fraction of sp³-hybridized carbons (Fsp3) is 0. The number of aromatic nitrogens is 5. The van der Waals surface area contributed by atoms with Crippen molar-refractivity contribution >= 4 is 65.6 Å². The quantitative estimate of drug-likeness (QED) is 0.152. The predicted molar refractivity (Wildman–Crippen MR) is 308 cm³/mol. The maximum atomic E-state index is 7.41. The molecule has 6 nitrogen and oxygen atoms in total. The molecule has 0 atom stereocenters. The monoisotopic (exact) mass is 957 g/mol. The number of furan rings is 1. The average molecular weight is 958 g/mol. The van der Waals surface area contributed by atoms with Crippen molar-refractivity contribution in [2.45, 2.75) is 0 Å². The minimum atomic E-state index is 0.577. The first-order valence-corrected chi connectivity index (χ1v) is 25.3. The summed E-state index contributed by atoms with van der Waals surface area (Å²) in [7, 11) is 0. The van der Waals surface area contributed by atoms with E-state index in [-0.39, 0.29) is 0 Å². The van der Waals surface area contributed by atoms with E-state index in [0.717, 1.165) is 110 Å². The van der Waals surface area contributed by atoms with Gasteiger partial charge in [0, 0.05) is 60.4 Å². The van der Waals surface area contributed by atoms with Gasteiger partial charge in [-0.3, -0.25) is 0 Å². The van der Waals surface area contributed by atoms with Gasteiger partial charge in [-0.2, -0.15) is 0 Å². The van der Waals surface area contributed by atoms with E-state index < -0.39 is 0 Å². The molecule has 6 heteroatoms. The maximum absolute atomic E-state index is 7.41. The van der Waals surface area contributed by atoms with Gasteiger partial charge in [-0.15, -0.1) is 0 Å². The van der Waals surface area contributed by atoms with Gasteiger partial charge in [0.05, 0.1) is 22.1 Å². The van der Waals surface area contributed by atoms with Crippen LogP contribution in [-0.4, -0.2) is 24.1 Å². The average Bonchev–Trinajstić information content (AvgIpc) is 4.17. The van der Waals surface area contributed by atoms with Gasteiger partial charge in [0.25, 0.3) is 0 Å². The lowest BCUT2D eigenvalue weighted by molar-refractivity contribution is 0.673. The maximum Gasteiger partial charge on any atom is 0.164 e. The molecule has 0 aliphatic carbocycles. The van der Waals surface area contributed by atoms with Gasteiger partial charge < -0.3 is 13.6 Å². The molecular formula is C69H43N5O.